The zero-order chi connectivity index (χ0) is 12.3. The normalized spacial score (nSPS) is 11.8. The topological polar surface area (TPSA) is 42.3 Å². The highest BCUT2D eigenvalue weighted by molar-refractivity contribution is 6.02. The fourth-order valence-corrected chi connectivity index (χ4v) is 1.78. The minimum absolute atomic E-state index is 0.129. The Morgan fingerprint density at radius 2 is 2.00 bits per heavy atom. The minimum Gasteiger partial charge on any atom is -0.300 e. The highest BCUT2D eigenvalue weighted by Crippen LogP contribution is 2.24. The maximum absolute atomic E-state index is 11.0. The summed E-state index contributed by atoms with van der Waals surface area (Å²) >= 11 is 0. The molecule has 1 aromatic carbocycles. The van der Waals surface area contributed by atoms with Crippen molar-refractivity contribution in [2.45, 2.75) is 20.3 Å². The van der Waals surface area contributed by atoms with E-state index in [1.165, 1.54) is 0 Å². The lowest BCUT2D eigenvalue weighted by molar-refractivity contribution is -0.115. The summed E-state index contributed by atoms with van der Waals surface area (Å²) in [6.45, 7) is 3.44. The Labute approximate surface area is 100 Å². The van der Waals surface area contributed by atoms with Crippen LogP contribution in [0, 0.1) is 0 Å². The number of aromatic nitrogens is 1. The molecule has 2 aromatic rings. The summed E-state index contributed by atoms with van der Waals surface area (Å²) in [6.07, 6.45) is 2.14. The number of Topliss-reactive ketones (excluding diaryl/α,β-unsaturated/α-hetero) is 1. The average Bonchev–Trinajstić information content (AvgIpc) is 2.28. The summed E-state index contributed by atoms with van der Waals surface area (Å²) in [7, 11) is 0. The first-order valence-electron chi connectivity index (χ1n) is 5.54. The maximum atomic E-state index is 11.0. The van der Waals surface area contributed by atoms with Gasteiger partial charge in [0.2, 0.25) is 0 Å². The van der Waals surface area contributed by atoms with E-state index in [4.69, 9.17) is 0 Å². The van der Waals surface area contributed by atoms with Crippen molar-refractivity contribution in [2.75, 3.05) is 0 Å². The number of aliphatic imine (C=N–C) groups is 1. The third-order valence-electron chi connectivity index (χ3n) is 2.44. The van der Waals surface area contributed by atoms with Gasteiger partial charge in [-0.2, -0.15) is 0 Å². The number of ketones is 1. The largest absolute Gasteiger partial charge is 0.300 e. The van der Waals surface area contributed by atoms with Crippen molar-refractivity contribution in [2.24, 2.45) is 4.99 Å². The van der Waals surface area contributed by atoms with Crippen molar-refractivity contribution in [3.05, 3.63) is 36.5 Å². The Morgan fingerprint density at radius 3 is 2.76 bits per heavy atom. The molecule has 3 heteroatoms. The summed E-state index contributed by atoms with van der Waals surface area (Å²) in [4.78, 5) is 19.8. The number of fused-ring (bicyclic) bond motifs is 1. The van der Waals surface area contributed by atoms with Gasteiger partial charge in [0.05, 0.1) is 11.2 Å². The molecule has 0 aliphatic heterocycles. The zero-order valence-electron chi connectivity index (χ0n) is 9.97. The van der Waals surface area contributed by atoms with Gasteiger partial charge in [-0.1, -0.05) is 18.2 Å². The van der Waals surface area contributed by atoms with Crippen molar-refractivity contribution < 1.29 is 4.79 Å². The SMILES string of the molecule is CC(=O)CC(C)=Nc1ccnc2ccccc12. The second-order valence-corrected chi connectivity index (χ2v) is 4.07. The molecule has 86 valence electrons. The van der Waals surface area contributed by atoms with Crippen LogP contribution in [0.4, 0.5) is 5.69 Å². The monoisotopic (exact) mass is 226 g/mol. The van der Waals surface area contributed by atoms with Crippen LogP contribution in [-0.2, 0) is 4.79 Å². The van der Waals surface area contributed by atoms with E-state index in [-0.39, 0.29) is 5.78 Å². The van der Waals surface area contributed by atoms with Gasteiger partial charge in [0.1, 0.15) is 5.78 Å². The van der Waals surface area contributed by atoms with Gasteiger partial charge >= 0.3 is 0 Å². The van der Waals surface area contributed by atoms with Gasteiger partial charge in [-0.05, 0) is 26.0 Å². The van der Waals surface area contributed by atoms with Crippen molar-refractivity contribution >= 4 is 28.1 Å². The number of pyridine rings is 1. The van der Waals surface area contributed by atoms with Crippen LogP contribution in [0.25, 0.3) is 10.9 Å². The maximum Gasteiger partial charge on any atom is 0.135 e. The van der Waals surface area contributed by atoms with E-state index in [2.05, 4.69) is 9.98 Å². The second-order valence-electron chi connectivity index (χ2n) is 4.07. The van der Waals surface area contributed by atoms with Crippen LogP contribution in [0.15, 0.2) is 41.5 Å². The van der Waals surface area contributed by atoms with E-state index >= 15 is 0 Å². The van der Waals surface area contributed by atoms with Gasteiger partial charge in [-0.3, -0.25) is 14.8 Å². The molecule has 0 atom stereocenters. The Hall–Kier alpha value is -2.03. The first-order chi connectivity index (χ1) is 8.16. The molecule has 3 nitrogen and oxygen atoms in total. The van der Waals surface area contributed by atoms with Crippen LogP contribution in [0.5, 0.6) is 0 Å². The molecule has 0 bridgehead atoms. The average molecular weight is 226 g/mol. The number of rotatable bonds is 3. The van der Waals surface area contributed by atoms with Crippen LogP contribution in [0.3, 0.4) is 0 Å². The van der Waals surface area contributed by atoms with Crippen LogP contribution >= 0.6 is 0 Å². The molecule has 0 aliphatic rings. The standard InChI is InChI=1S/C14H14N2O/c1-10(9-11(2)17)16-14-7-8-15-13-6-4-3-5-12(13)14/h3-8H,9H2,1-2H3. The molecule has 0 fully saturated rings. The van der Waals surface area contributed by atoms with Crippen molar-refractivity contribution in [1.29, 1.82) is 0 Å². The zero-order valence-corrected chi connectivity index (χ0v) is 9.97. The van der Waals surface area contributed by atoms with Crippen LogP contribution in [0.2, 0.25) is 0 Å². The Kier molecular flexibility index (Phi) is 3.28. The minimum atomic E-state index is 0.129. The Balaban J connectivity index is 2.45. The Bertz CT molecular complexity index is 582. The molecule has 17 heavy (non-hydrogen) atoms. The highest BCUT2D eigenvalue weighted by atomic mass is 16.1. The van der Waals surface area contributed by atoms with E-state index in [9.17, 15) is 4.79 Å². The van der Waals surface area contributed by atoms with Crippen molar-refractivity contribution in [3.8, 4) is 0 Å². The number of hydrogen-bond donors (Lipinski definition) is 0. The predicted molar refractivity (Wildman–Crippen MR) is 69.8 cm³/mol. The van der Waals surface area contributed by atoms with E-state index in [0.29, 0.717) is 6.42 Å². The van der Waals surface area contributed by atoms with Gasteiger partial charge in [0, 0.05) is 23.7 Å². The fourth-order valence-electron chi connectivity index (χ4n) is 1.78. The molecular formula is C14H14N2O. The molecule has 0 aliphatic carbocycles. The lowest BCUT2D eigenvalue weighted by Gasteiger charge is -2.02. The molecule has 0 saturated heterocycles. The Morgan fingerprint density at radius 1 is 1.24 bits per heavy atom. The smallest absolute Gasteiger partial charge is 0.135 e. The molecule has 2 rings (SSSR count). The summed E-state index contributed by atoms with van der Waals surface area (Å²) < 4.78 is 0. The molecule has 0 saturated carbocycles. The van der Waals surface area contributed by atoms with Gasteiger partial charge in [0.15, 0.2) is 0 Å². The summed E-state index contributed by atoms with van der Waals surface area (Å²) in [5.74, 6) is 0.129. The molecule has 1 heterocycles. The number of para-hydroxylation sites is 1. The van der Waals surface area contributed by atoms with Gasteiger partial charge < -0.3 is 0 Å². The first kappa shape index (κ1) is 11.5. The molecule has 0 N–H and O–H groups in total. The number of benzene rings is 1. The number of hydrogen-bond acceptors (Lipinski definition) is 3. The first-order valence-corrected chi connectivity index (χ1v) is 5.54. The summed E-state index contributed by atoms with van der Waals surface area (Å²) in [5.41, 5.74) is 2.62. The quantitative estimate of drug-likeness (QED) is 0.753. The van der Waals surface area contributed by atoms with Gasteiger partial charge in [-0.15, -0.1) is 0 Å². The van der Waals surface area contributed by atoms with E-state index in [1.807, 2.05) is 37.3 Å². The highest BCUT2D eigenvalue weighted by Gasteiger charge is 2.01. The number of carbonyl (C=O) groups excluding carboxylic acids is 1. The lowest BCUT2D eigenvalue weighted by Crippen LogP contribution is -1.99. The number of nitrogens with zero attached hydrogens (tertiary/aromatic N) is 2. The van der Waals surface area contributed by atoms with Crippen molar-refractivity contribution in [3.63, 3.8) is 0 Å². The lowest BCUT2D eigenvalue weighted by atomic mass is 10.2. The third kappa shape index (κ3) is 2.75. The molecule has 0 radical (unpaired) electrons. The van der Waals surface area contributed by atoms with Gasteiger partial charge in [-0.25, -0.2) is 0 Å². The van der Waals surface area contributed by atoms with E-state index < -0.39 is 0 Å². The molecule has 0 spiro atoms. The van der Waals surface area contributed by atoms with E-state index in [0.717, 1.165) is 22.3 Å². The second kappa shape index (κ2) is 4.87. The number of carbonyl (C=O) groups is 1. The molecule has 0 amide bonds. The molecular weight excluding hydrogens is 212 g/mol. The fraction of sp³-hybridized carbons (Fsp3) is 0.214. The van der Waals surface area contributed by atoms with Crippen LogP contribution in [0.1, 0.15) is 20.3 Å². The molecule has 1 aromatic heterocycles. The van der Waals surface area contributed by atoms with Crippen LogP contribution in [-0.4, -0.2) is 16.5 Å². The molecule has 0 unspecified atom stereocenters. The van der Waals surface area contributed by atoms with Gasteiger partial charge in [0.25, 0.3) is 0 Å². The summed E-state index contributed by atoms with van der Waals surface area (Å²) in [5, 5.41) is 1.01. The third-order valence-corrected chi connectivity index (χ3v) is 2.44. The van der Waals surface area contributed by atoms with E-state index in [1.54, 1.807) is 13.1 Å². The van der Waals surface area contributed by atoms with Crippen LogP contribution < -0.4 is 0 Å². The summed E-state index contributed by atoms with van der Waals surface area (Å²) in [6, 6.07) is 9.72. The van der Waals surface area contributed by atoms with Crippen molar-refractivity contribution in [1.82, 2.24) is 4.98 Å². The predicted octanol–water partition coefficient (Wildman–Crippen LogP) is 3.31.